The Hall–Kier alpha value is -0.520. The molecule has 0 N–H and O–H groups in total. The van der Waals surface area contributed by atoms with Crippen LogP contribution < -0.4 is 0 Å². The van der Waals surface area contributed by atoms with Gasteiger partial charge in [0.25, 0.3) is 0 Å². The first-order valence-corrected chi connectivity index (χ1v) is 5.61. The van der Waals surface area contributed by atoms with E-state index in [0.717, 1.165) is 11.8 Å². The molecule has 2 aliphatic rings. The molecule has 0 aromatic heterocycles. The van der Waals surface area contributed by atoms with E-state index in [0.29, 0.717) is 0 Å². The Kier molecular flexibility index (Phi) is 2.31. The molecule has 0 saturated heterocycles. The minimum Gasteiger partial charge on any atom is -0.0955 e. The molecule has 0 spiro atoms. The van der Waals surface area contributed by atoms with Crippen LogP contribution in [-0.4, -0.2) is 0 Å². The van der Waals surface area contributed by atoms with Crippen LogP contribution in [0, 0.1) is 11.8 Å². The van der Waals surface area contributed by atoms with Gasteiger partial charge < -0.3 is 0 Å². The van der Waals surface area contributed by atoms with Gasteiger partial charge in [-0.2, -0.15) is 0 Å². The van der Waals surface area contributed by atoms with Gasteiger partial charge in [-0.25, -0.2) is 0 Å². The lowest BCUT2D eigenvalue weighted by Crippen LogP contribution is -2.06. The summed E-state index contributed by atoms with van der Waals surface area (Å²) in [7, 11) is 0. The van der Waals surface area contributed by atoms with Gasteiger partial charge in [0, 0.05) is 0 Å². The zero-order valence-electron chi connectivity index (χ0n) is 8.90. The van der Waals surface area contributed by atoms with Crippen LogP contribution in [0.4, 0.5) is 0 Å². The van der Waals surface area contributed by atoms with Crippen molar-refractivity contribution in [3.05, 3.63) is 23.3 Å². The lowest BCUT2D eigenvalue weighted by atomic mass is 9.89. The molecule has 0 aliphatic heterocycles. The van der Waals surface area contributed by atoms with E-state index in [1.54, 1.807) is 11.1 Å². The van der Waals surface area contributed by atoms with E-state index in [4.69, 9.17) is 0 Å². The van der Waals surface area contributed by atoms with Crippen molar-refractivity contribution in [1.82, 2.24) is 0 Å². The predicted octanol–water partition coefficient (Wildman–Crippen LogP) is 4.09. The first kappa shape index (κ1) is 9.05. The van der Waals surface area contributed by atoms with Crippen LogP contribution in [0.25, 0.3) is 0 Å². The second kappa shape index (κ2) is 3.32. The van der Waals surface area contributed by atoms with E-state index in [2.05, 4.69) is 20.4 Å². The van der Waals surface area contributed by atoms with E-state index in [1.165, 1.54) is 37.7 Å². The first-order valence-electron chi connectivity index (χ1n) is 5.61. The molecule has 0 heterocycles. The maximum Gasteiger partial charge on any atom is -0.0125 e. The summed E-state index contributed by atoms with van der Waals surface area (Å²) in [5.74, 6) is 1.85. The largest absolute Gasteiger partial charge is 0.0955 e. The molecule has 2 aliphatic carbocycles. The van der Waals surface area contributed by atoms with E-state index in [9.17, 15) is 0 Å². The van der Waals surface area contributed by atoms with Gasteiger partial charge in [0.2, 0.25) is 0 Å². The quantitative estimate of drug-likeness (QED) is 0.594. The third-order valence-electron chi connectivity index (χ3n) is 3.77. The smallest absolute Gasteiger partial charge is 0.0125 e. The van der Waals surface area contributed by atoms with E-state index in [1.807, 2.05) is 0 Å². The second-order valence-electron chi connectivity index (χ2n) is 4.70. The maximum atomic E-state index is 4.18. The van der Waals surface area contributed by atoms with Crippen LogP contribution in [-0.2, 0) is 0 Å². The molecule has 0 heteroatoms. The monoisotopic (exact) mass is 176 g/mol. The minimum absolute atomic E-state index is 0.896. The molecule has 72 valence electrons. The molecule has 0 amide bonds. The highest BCUT2D eigenvalue weighted by atomic mass is 14.4. The van der Waals surface area contributed by atoms with Gasteiger partial charge in [-0.05, 0) is 50.0 Å². The van der Waals surface area contributed by atoms with Gasteiger partial charge >= 0.3 is 0 Å². The van der Waals surface area contributed by atoms with Crippen molar-refractivity contribution in [2.75, 3.05) is 0 Å². The topological polar surface area (TPSA) is 0 Å². The predicted molar refractivity (Wildman–Crippen MR) is 57.6 cm³/mol. The SMILES string of the molecule is C=C1CCC2C1=C(C)CC2CCC. The molecule has 2 unspecified atom stereocenters. The van der Waals surface area contributed by atoms with Crippen LogP contribution in [0.1, 0.15) is 46.0 Å². The fraction of sp³-hybridized carbons (Fsp3) is 0.692. The standard InChI is InChI=1S/C13H20/c1-4-5-11-8-10(3)13-9(2)6-7-12(11)13/h11-12H,2,4-8H2,1,3H3. The Bertz CT molecular complexity index is 257. The molecule has 1 fully saturated rings. The summed E-state index contributed by atoms with van der Waals surface area (Å²) in [6.07, 6.45) is 6.76. The molecule has 2 rings (SSSR count). The summed E-state index contributed by atoms with van der Waals surface area (Å²) < 4.78 is 0. The highest BCUT2D eigenvalue weighted by Crippen LogP contribution is 2.50. The van der Waals surface area contributed by atoms with Crippen molar-refractivity contribution in [1.29, 1.82) is 0 Å². The molecule has 0 aromatic rings. The van der Waals surface area contributed by atoms with Crippen LogP contribution in [0.2, 0.25) is 0 Å². The third-order valence-corrected chi connectivity index (χ3v) is 3.77. The molecule has 2 atom stereocenters. The Morgan fingerprint density at radius 2 is 2.23 bits per heavy atom. The zero-order valence-corrected chi connectivity index (χ0v) is 8.90. The van der Waals surface area contributed by atoms with Crippen molar-refractivity contribution in [3.63, 3.8) is 0 Å². The molecule has 0 radical (unpaired) electrons. The van der Waals surface area contributed by atoms with Gasteiger partial charge in [0.15, 0.2) is 0 Å². The van der Waals surface area contributed by atoms with Gasteiger partial charge in [0.05, 0.1) is 0 Å². The molecule has 0 nitrogen and oxygen atoms in total. The van der Waals surface area contributed by atoms with Crippen LogP contribution in [0.5, 0.6) is 0 Å². The number of hydrogen-bond donors (Lipinski definition) is 0. The van der Waals surface area contributed by atoms with Crippen molar-refractivity contribution in [3.8, 4) is 0 Å². The Labute approximate surface area is 81.7 Å². The second-order valence-corrected chi connectivity index (χ2v) is 4.70. The summed E-state index contributed by atoms with van der Waals surface area (Å²) in [6, 6.07) is 0. The van der Waals surface area contributed by atoms with E-state index < -0.39 is 0 Å². The molecule has 0 aromatic carbocycles. The van der Waals surface area contributed by atoms with E-state index >= 15 is 0 Å². The minimum atomic E-state index is 0.896. The maximum absolute atomic E-state index is 4.18. The normalized spacial score (nSPS) is 32.9. The third kappa shape index (κ3) is 1.37. The van der Waals surface area contributed by atoms with E-state index in [-0.39, 0.29) is 0 Å². The van der Waals surface area contributed by atoms with Crippen LogP contribution in [0.3, 0.4) is 0 Å². The zero-order chi connectivity index (χ0) is 9.42. The van der Waals surface area contributed by atoms with Crippen LogP contribution in [0.15, 0.2) is 23.3 Å². The number of hydrogen-bond acceptors (Lipinski definition) is 0. The van der Waals surface area contributed by atoms with Gasteiger partial charge in [0.1, 0.15) is 0 Å². The lowest BCUT2D eigenvalue weighted by Gasteiger charge is -2.16. The summed E-state index contributed by atoms with van der Waals surface area (Å²) in [4.78, 5) is 0. The average molecular weight is 176 g/mol. The summed E-state index contributed by atoms with van der Waals surface area (Å²) >= 11 is 0. The molecule has 0 bridgehead atoms. The molecular weight excluding hydrogens is 156 g/mol. The number of fused-ring (bicyclic) bond motifs is 1. The van der Waals surface area contributed by atoms with Crippen molar-refractivity contribution in [2.45, 2.75) is 46.0 Å². The number of allylic oxidation sites excluding steroid dienone is 3. The van der Waals surface area contributed by atoms with Crippen molar-refractivity contribution < 1.29 is 0 Å². The average Bonchev–Trinajstić information content (AvgIpc) is 2.58. The Morgan fingerprint density at radius 1 is 1.46 bits per heavy atom. The van der Waals surface area contributed by atoms with Gasteiger partial charge in [-0.3, -0.25) is 0 Å². The summed E-state index contributed by atoms with van der Waals surface area (Å²) in [5, 5.41) is 0. The van der Waals surface area contributed by atoms with Gasteiger partial charge in [-0.15, -0.1) is 0 Å². The lowest BCUT2D eigenvalue weighted by molar-refractivity contribution is 0.381. The Morgan fingerprint density at radius 3 is 2.92 bits per heavy atom. The molecule has 13 heavy (non-hydrogen) atoms. The fourth-order valence-electron chi connectivity index (χ4n) is 3.28. The highest BCUT2D eigenvalue weighted by Gasteiger charge is 2.36. The van der Waals surface area contributed by atoms with Crippen molar-refractivity contribution >= 4 is 0 Å². The Balaban J connectivity index is 2.18. The first-order chi connectivity index (χ1) is 6.24. The van der Waals surface area contributed by atoms with Crippen molar-refractivity contribution in [2.24, 2.45) is 11.8 Å². The number of rotatable bonds is 2. The summed E-state index contributed by atoms with van der Waals surface area (Å²) in [5.41, 5.74) is 4.76. The molecular formula is C13H20. The summed E-state index contributed by atoms with van der Waals surface area (Å²) in [6.45, 7) is 8.80. The fourth-order valence-corrected chi connectivity index (χ4v) is 3.28. The van der Waals surface area contributed by atoms with Gasteiger partial charge in [-0.1, -0.05) is 31.1 Å². The highest BCUT2D eigenvalue weighted by molar-refractivity contribution is 5.42. The molecule has 1 saturated carbocycles. The van der Waals surface area contributed by atoms with Crippen LogP contribution >= 0.6 is 0 Å².